The van der Waals surface area contributed by atoms with E-state index in [-0.39, 0.29) is 11.8 Å². The summed E-state index contributed by atoms with van der Waals surface area (Å²) in [7, 11) is 0. The normalized spacial score (nSPS) is 10.1. The third kappa shape index (κ3) is 7.74. The Morgan fingerprint density at radius 2 is 1.65 bits per heavy atom. The molecule has 0 atom stereocenters. The van der Waals surface area contributed by atoms with Crippen LogP contribution in [0.1, 0.15) is 33.6 Å². The minimum absolute atomic E-state index is 0.00158. The second-order valence-corrected chi connectivity index (χ2v) is 3.77. The van der Waals surface area contributed by atoms with Crippen molar-refractivity contribution in [2.75, 3.05) is 32.7 Å². The minimum Gasteiger partial charge on any atom is -0.356 e. The molecule has 0 unspecified atom stereocenters. The zero-order valence-electron chi connectivity index (χ0n) is 11.2. The van der Waals surface area contributed by atoms with Crippen molar-refractivity contribution in [3.8, 4) is 0 Å². The van der Waals surface area contributed by atoms with Crippen molar-refractivity contribution in [1.29, 1.82) is 0 Å². The van der Waals surface area contributed by atoms with E-state index in [2.05, 4.69) is 10.6 Å². The summed E-state index contributed by atoms with van der Waals surface area (Å²) in [6.45, 7) is 9.35. The van der Waals surface area contributed by atoms with Crippen LogP contribution in [0.25, 0.3) is 0 Å². The number of nitrogens with zero attached hydrogens (tertiary/aromatic N) is 1. The van der Waals surface area contributed by atoms with Crippen LogP contribution >= 0.6 is 0 Å². The van der Waals surface area contributed by atoms with Gasteiger partial charge in [-0.2, -0.15) is 0 Å². The van der Waals surface area contributed by atoms with Crippen molar-refractivity contribution >= 4 is 11.8 Å². The Labute approximate surface area is 104 Å². The molecule has 2 N–H and O–H groups in total. The molecular weight excluding hydrogens is 218 g/mol. The van der Waals surface area contributed by atoms with Gasteiger partial charge in [-0.3, -0.25) is 9.59 Å². The number of hydrogen-bond donors (Lipinski definition) is 2. The Bertz CT molecular complexity index is 228. The van der Waals surface area contributed by atoms with Crippen LogP contribution in [0.3, 0.4) is 0 Å². The van der Waals surface area contributed by atoms with Gasteiger partial charge in [0.05, 0.1) is 0 Å². The first-order valence-corrected chi connectivity index (χ1v) is 6.40. The van der Waals surface area contributed by atoms with E-state index in [0.717, 1.165) is 19.6 Å². The van der Waals surface area contributed by atoms with Gasteiger partial charge < -0.3 is 15.5 Å². The fourth-order valence-electron chi connectivity index (χ4n) is 1.51. The number of nitrogens with one attached hydrogen (secondary N) is 2. The SMILES string of the molecule is CCNCCC(=O)NCCC(=O)N(CC)CC. The number of carbonyl (C=O) groups excluding carboxylic acids is 2. The van der Waals surface area contributed by atoms with E-state index in [9.17, 15) is 9.59 Å². The Morgan fingerprint density at radius 3 is 2.18 bits per heavy atom. The highest BCUT2D eigenvalue weighted by atomic mass is 16.2. The Morgan fingerprint density at radius 1 is 1.00 bits per heavy atom. The van der Waals surface area contributed by atoms with Crippen LogP contribution in [0.15, 0.2) is 0 Å². The van der Waals surface area contributed by atoms with Crippen molar-refractivity contribution < 1.29 is 9.59 Å². The minimum atomic E-state index is -0.00158. The van der Waals surface area contributed by atoms with Gasteiger partial charge in [-0.1, -0.05) is 6.92 Å². The topological polar surface area (TPSA) is 61.4 Å². The van der Waals surface area contributed by atoms with Gasteiger partial charge in [0.15, 0.2) is 0 Å². The lowest BCUT2D eigenvalue weighted by Gasteiger charge is -2.18. The Kier molecular flexibility index (Phi) is 9.43. The standard InChI is InChI=1S/C12H25N3O2/c1-4-13-9-7-11(16)14-10-8-12(17)15(5-2)6-3/h13H,4-10H2,1-3H3,(H,14,16). The van der Waals surface area contributed by atoms with E-state index >= 15 is 0 Å². The summed E-state index contributed by atoms with van der Waals surface area (Å²) in [4.78, 5) is 24.7. The molecule has 0 aliphatic rings. The maximum Gasteiger partial charge on any atom is 0.224 e. The molecule has 0 spiro atoms. The molecule has 5 nitrogen and oxygen atoms in total. The summed E-state index contributed by atoms with van der Waals surface area (Å²) in [5.74, 6) is 0.0975. The third-order valence-corrected chi connectivity index (χ3v) is 2.56. The van der Waals surface area contributed by atoms with Crippen LogP contribution in [0, 0.1) is 0 Å². The molecule has 2 amide bonds. The van der Waals surface area contributed by atoms with E-state index in [0.29, 0.717) is 25.9 Å². The molecule has 0 aromatic rings. The molecule has 0 aliphatic carbocycles. The van der Waals surface area contributed by atoms with E-state index in [1.165, 1.54) is 0 Å². The highest BCUT2D eigenvalue weighted by molar-refractivity contribution is 5.79. The lowest BCUT2D eigenvalue weighted by molar-refractivity contribution is -0.130. The van der Waals surface area contributed by atoms with Crippen molar-refractivity contribution in [3.63, 3.8) is 0 Å². The molecule has 0 heterocycles. The highest BCUT2D eigenvalue weighted by Gasteiger charge is 2.09. The number of amides is 2. The Hall–Kier alpha value is -1.10. The summed E-state index contributed by atoms with van der Waals surface area (Å²) in [6, 6.07) is 0. The van der Waals surface area contributed by atoms with Crippen LogP contribution < -0.4 is 10.6 Å². The summed E-state index contributed by atoms with van der Waals surface area (Å²) >= 11 is 0. The summed E-state index contributed by atoms with van der Waals surface area (Å²) in [5.41, 5.74) is 0. The van der Waals surface area contributed by atoms with Crippen molar-refractivity contribution in [3.05, 3.63) is 0 Å². The van der Waals surface area contributed by atoms with Gasteiger partial charge in [-0.25, -0.2) is 0 Å². The first-order valence-electron chi connectivity index (χ1n) is 6.40. The predicted octanol–water partition coefficient (Wildman–Crippen LogP) is 0.361. The largest absolute Gasteiger partial charge is 0.356 e. The molecule has 100 valence electrons. The van der Waals surface area contributed by atoms with Crippen molar-refractivity contribution in [1.82, 2.24) is 15.5 Å². The molecule has 17 heavy (non-hydrogen) atoms. The molecule has 0 radical (unpaired) electrons. The van der Waals surface area contributed by atoms with Crippen molar-refractivity contribution in [2.45, 2.75) is 33.6 Å². The third-order valence-electron chi connectivity index (χ3n) is 2.56. The van der Waals surface area contributed by atoms with Crippen molar-refractivity contribution in [2.24, 2.45) is 0 Å². The van der Waals surface area contributed by atoms with Gasteiger partial charge >= 0.3 is 0 Å². The van der Waals surface area contributed by atoms with E-state index in [1.807, 2.05) is 20.8 Å². The van der Waals surface area contributed by atoms with Crippen LogP contribution in [-0.4, -0.2) is 49.4 Å². The maximum absolute atomic E-state index is 11.6. The lowest BCUT2D eigenvalue weighted by atomic mass is 10.3. The summed E-state index contributed by atoms with van der Waals surface area (Å²) in [5, 5.41) is 5.83. The Balaban J connectivity index is 3.61. The van der Waals surface area contributed by atoms with Gasteiger partial charge in [0.1, 0.15) is 0 Å². The molecule has 5 heteroatoms. The highest BCUT2D eigenvalue weighted by Crippen LogP contribution is 1.92. The van der Waals surface area contributed by atoms with Crippen LogP contribution in [-0.2, 0) is 9.59 Å². The molecular formula is C12H25N3O2. The molecule has 0 fully saturated rings. The van der Waals surface area contributed by atoms with Gasteiger partial charge in [-0.15, -0.1) is 0 Å². The smallest absolute Gasteiger partial charge is 0.224 e. The van der Waals surface area contributed by atoms with E-state index < -0.39 is 0 Å². The molecule has 0 aliphatic heterocycles. The second-order valence-electron chi connectivity index (χ2n) is 3.77. The van der Waals surface area contributed by atoms with Gasteiger partial charge in [0.25, 0.3) is 0 Å². The van der Waals surface area contributed by atoms with Gasteiger partial charge in [-0.05, 0) is 20.4 Å². The second kappa shape index (κ2) is 10.1. The molecule has 0 saturated carbocycles. The maximum atomic E-state index is 11.6. The van der Waals surface area contributed by atoms with Gasteiger partial charge in [0.2, 0.25) is 11.8 Å². The predicted molar refractivity (Wildman–Crippen MR) is 68.7 cm³/mol. The number of rotatable bonds is 9. The summed E-state index contributed by atoms with van der Waals surface area (Å²) in [6.07, 6.45) is 0.849. The first kappa shape index (κ1) is 15.9. The van der Waals surface area contributed by atoms with Crippen LogP contribution in [0.4, 0.5) is 0 Å². The molecule has 0 aromatic heterocycles. The molecule has 0 bridgehead atoms. The number of carbonyl (C=O) groups is 2. The zero-order chi connectivity index (χ0) is 13.1. The first-order chi connectivity index (χ1) is 8.15. The quantitative estimate of drug-likeness (QED) is 0.575. The monoisotopic (exact) mass is 243 g/mol. The average Bonchev–Trinajstić information content (AvgIpc) is 2.31. The van der Waals surface area contributed by atoms with E-state index in [4.69, 9.17) is 0 Å². The molecule has 0 rings (SSSR count). The van der Waals surface area contributed by atoms with Gasteiger partial charge in [0, 0.05) is 39.0 Å². The van der Waals surface area contributed by atoms with E-state index in [1.54, 1.807) is 4.90 Å². The fourth-order valence-corrected chi connectivity index (χ4v) is 1.51. The van der Waals surface area contributed by atoms with Crippen LogP contribution in [0.5, 0.6) is 0 Å². The average molecular weight is 243 g/mol. The number of hydrogen-bond acceptors (Lipinski definition) is 3. The fraction of sp³-hybridized carbons (Fsp3) is 0.833. The lowest BCUT2D eigenvalue weighted by Crippen LogP contribution is -2.35. The molecule has 0 aromatic carbocycles. The molecule has 0 saturated heterocycles. The zero-order valence-corrected chi connectivity index (χ0v) is 11.2. The summed E-state index contributed by atoms with van der Waals surface area (Å²) < 4.78 is 0. The van der Waals surface area contributed by atoms with Crippen LogP contribution in [0.2, 0.25) is 0 Å².